The first-order chi connectivity index (χ1) is 15.0. The highest BCUT2D eigenvalue weighted by Crippen LogP contribution is 2.31. The summed E-state index contributed by atoms with van der Waals surface area (Å²) in [6, 6.07) is 18.0. The summed E-state index contributed by atoms with van der Waals surface area (Å²) in [7, 11) is -3.33. The van der Waals surface area contributed by atoms with Crippen LogP contribution in [0.1, 0.15) is 18.9 Å². The number of H-pyrrole nitrogens is 1. The third-order valence-electron chi connectivity index (χ3n) is 6.21. The third-order valence-corrected chi connectivity index (χ3v) is 8.13. The van der Waals surface area contributed by atoms with Gasteiger partial charge < -0.3 is 4.57 Å². The zero-order valence-electron chi connectivity index (χ0n) is 17.5. The second-order valence-corrected chi connectivity index (χ2v) is 10.4. The van der Waals surface area contributed by atoms with Crippen molar-refractivity contribution < 1.29 is 8.42 Å². The molecule has 2 atom stereocenters. The van der Waals surface area contributed by atoms with Crippen LogP contribution in [0.3, 0.4) is 0 Å². The molecule has 1 saturated heterocycles. The molecule has 0 radical (unpaired) electrons. The highest BCUT2D eigenvalue weighted by atomic mass is 32.2. The molecule has 0 unspecified atom stereocenters. The topological polar surface area (TPSA) is 71.0 Å². The van der Waals surface area contributed by atoms with Crippen molar-refractivity contribution in [2.45, 2.75) is 31.7 Å². The summed E-state index contributed by atoms with van der Waals surface area (Å²) in [5.41, 5.74) is 4.21. The van der Waals surface area contributed by atoms with Gasteiger partial charge in [0, 0.05) is 48.0 Å². The maximum absolute atomic E-state index is 13.0. The summed E-state index contributed by atoms with van der Waals surface area (Å²) in [6.45, 7) is 3.41. The summed E-state index contributed by atoms with van der Waals surface area (Å²) in [4.78, 5) is 0. The fourth-order valence-corrected chi connectivity index (χ4v) is 6.57. The van der Waals surface area contributed by atoms with Gasteiger partial charge in [-0.1, -0.05) is 36.4 Å². The first-order valence-corrected chi connectivity index (χ1v) is 12.2. The first-order valence-electron chi connectivity index (χ1n) is 10.6. The zero-order chi connectivity index (χ0) is 21.4. The van der Waals surface area contributed by atoms with Crippen LogP contribution in [-0.4, -0.2) is 40.1 Å². The molecule has 160 valence electrons. The van der Waals surface area contributed by atoms with Gasteiger partial charge in [0.25, 0.3) is 0 Å². The molecule has 31 heavy (non-hydrogen) atoms. The van der Waals surface area contributed by atoms with Crippen molar-refractivity contribution in [2.75, 3.05) is 6.54 Å². The van der Waals surface area contributed by atoms with Crippen LogP contribution in [0, 0.1) is 5.92 Å². The number of rotatable bonds is 6. The lowest BCUT2D eigenvalue weighted by molar-refractivity contribution is 0.399. The second-order valence-electron chi connectivity index (χ2n) is 8.49. The Balaban J connectivity index is 1.31. The van der Waals surface area contributed by atoms with E-state index in [-0.39, 0.29) is 11.8 Å². The minimum absolute atomic E-state index is 0.0215. The molecule has 1 N–H and O–H groups in total. The van der Waals surface area contributed by atoms with E-state index in [4.69, 9.17) is 0 Å². The molecule has 0 spiro atoms. The van der Waals surface area contributed by atoms with Crippen molar-refractivity contribution in [3.8, 4) is 11.1 Å². The summed E-state index contributed by atoms with van der Waals surface area (Å²) in [5, 5.41) is 8.06. The van der Waals surface area contributed by atoms with Crippen LogP contribution in [0.15, 0.2) is 73.2 Å². The maximum atomic E-state index is 13.0. The average Bonchev–Trinajstić information content (AvgIpc) is 3.49. The molecular weight excluding hydrogens is 408 g/mol. The van der Waals surface area contributed by atoms with Gasteiger partial charge in [0.15, 0.2) is 0 Å². The second kappa shape index (κ2) is 7.98. The number of hydrogen-bond acceptors (Lipinski definition) is 3. The molecule has 3 heterocycles. The van der Waals surface area contributed by atoms with Crippen molar-refractivity contribution >= 4 is 20.9 Å². The molecule has 1 fully saturated rings. The smallest absolute Gasteiger partial charge is 0.218 e. The van der Waals surface area contributed by atoms with Crippen LogP contribution in [-0.2, 0) is 22.3 Å². The summed E-state index contributed by atoms with van der Waals surface area (Å²) in [6.07, 6.45) is 6.70. The zero-order valence-corrected chi connectivity index (χ0v) is 18.3. The van der Waals surface area contributed by atoms with E-state index in [0.29, 0.717) is 12.5 Å². The van der Waals surface area contributed by atoms with E-state index < -0.39 is 10.0 Å². The Labute approximate surface area is 182 Å². The van der Waals surface area contributed by atoms with E-state index in [1.54, 1.807) is 4.31 Å². The highest BCUT2D eigenvalue weighted by Gasteiger charge is 2.37. The van der Waals surface area contributed by atoms with Crippen molar-refractivity contribution in [3.63, 3.8) is 0 Å². The molecule has 1 aliphatic heterocycles. The molecule has 0 saturated carbocycles. The van der Waals surface area contributed by atoms with Gasteiger partial charge in [0.1, 0.15) is 0 Å². The van der Waals surface area contributed by atoms with Crippen molar-refractivity contribution in [3.05, 3.63) is 78.8 Å². The molecule has 1 aliphatic rings. The largest absolute Gasteiger partial charge is 0.347 e. The van der Waals surface area contributed by atoms with Gasteiger partial charge >= 0.3 is 0 Å². The van der Waals surface area contributed by atoms with Gasteiger partial charge in [-0.15, -0.1) is 0 Å². The van der Waals surface area contributed by atoms with Crippen molar-refractivity contribution in [1.29, 1.82) is 0 Å². The number of aromatic amines is 1. The lowest BCUT2D eigenvalue weighted by atomic mass is 10.1. The molecule has 4 aromatic rings. The van der Waals surface area contributed by atoms with Gasteiger partial charge in [-0.25, -0.2) is 8.42 Å². The molecule has 7 heteroatoms. The van der Waals surface area contributed by atoms with Gasteiger partial charge in [-0.2, -0.15) is 9.40 Å². The number of benzene rings is 2. The number of sulfonamides is 1. The Morgan fingerprint density at radius 3 is 2.71 bits per heavy atom. The number of nitrogens with one attached hydrogen (secondary N) is 1. The molecule has 2 aromatic carbocycles. The Hall–Kier alpha value is -2.90. The predicted molar refractivity (Wildman–Crippen MR) is 123 cm³/mol. The summed E-state index contributed by atoms with van der Waals surface area (Å²) in [5.74, 6) is 0.360. The van der Waals surface area contributed by atoms with E-state index in [2.05, 4.69) is 45.2 Å². The third kappa shape index (κ3) is 4.03. The number of aromatic nitrogens is 3. The van der Waals surface area contributed by atoms with Gasteiger partial charge in [-0.3, -0.25) is 5.10 Å². The molecule has 0 aliphatic carbocycles. The average molecular weight is 435 g/mol. The fraction of sp³-hybridized carbons (Fsp3) is 0.292. The maximum Gasteiger partial charge on any atom is 0.218 e. The van der Waals surface area contributed by atoms with Crippen LogP contribution < -0.4 is 0 Å². The molecule has 0 amide bonds. The standard InChI is InChI=1S/C24H26N4O2S/c1-18-11-20(16-28(18)31(29,30)17-19-5-3-2-4-6-19)15-27-10-9-22-12-21(7-8-24(22)27)23-13-25-26-14-23/h2-10,12-14,18,20H,11,15-17H2,1H3,(H,25,26)/t18-,20-/m1/s1. The minimum atomic E-state index is -3.33. The SMILES string of the molecule is C[C@@H]1C[C@H](Cn2ccc3cc(-c4cn[nH]c4)ccc32)CN1S(=O)(=O)Cc1ccccc1. The van der Waals surface area contributed by atoms with E-state index in [1.807, 2.05) is 49.6 Å². The first kappa shape index (κ1) is 20.0. The van der Waals surface area contributed by atoms with E-state index in [0.717, 1.165) is 29.7 Å². The highest BCUT2D eigenvalue weighted by molar-refractivity contribution is 7.88. The normalized spacial score (nSPS) is 19.9. The number of nitrogens with zero attached hydrogens (tertiary/aromatic N) is 3. The quantitative estimate of drug-likeness (QED) is 0.493. The molecule has 0 bridgehead atoms. The van der Waals surface area contributed by atoms with E-state index in [1.165, 1.54) is 10.9 Å². The Bertz CT molecular complexity index is 1280. The fourth-order valence-electron chi connectivity index (χ4n) is 4.72. The lowest BCUT2D eigenvalue weighted by Crippen LogP contribution is -2.35. The predicted octanol–water partition coefficient (Wildman–Crippen LogP) is 4.27. The van der Waals surface area contributed by atoms with Crippen LogP contribution in [0.25, 0.3) is 22.0 Å². The minimum Gasteiger partial charge on any atom is -0.347 e. The van der Waals surface area contributed by atoms with E-state index >= 15 is 0 Å². The number of fused-ring (bicyclic) bond motifs is 1. The number of hydrogen-bond donors (Lipinski definition) is 1. The molecule has 5 rings (SSSR count). The van der Waals surface area contributed by atoms with Gasteiger partial charge in [-0.05, 0) is 48.6 Å². The monoisotopic (exact) mass is 434 g/mol. The van der Waals surface area contributed by atoms with Crippen LogP contribution in [0.5, 0.6) is 0 Å². The van der Waals surface area contributed by atoms with Crippen LogP contribution in [0.2, 0.25) is 0 Å². The Morgan fingerprint density at radius 2 is 1.94 bits per heavy atom. The summed E-state index contributed by atoms with van der Waals surface area (Å²) >= 11 is 0. The Kier molecular flexibility index (Phi) is 5.16. The van der Waals surface area contributed by atoms with Crippen molar-refractivity contribution in [1.82, 2.24) is 19.1 Å². The van der Waals surface area contributed by atoms with Crippen molar-refractivity contribution in [2.24, 2.45) is 5.92 Å². The molecule has 2 aromatic heterocycles. The van der Waals surface area contributed by atoms with Crippen LogP contribution >= 0.6 is 0 Å². The molecular formula is C24H26N4O2S. The summed E-state index contributed by atoms with van der Waals surface area (Å²) < 4.78 is 30.0. The van der Waals surface area contributed by atoms with Gasteiger partial charge in [0.05, 0.1) is 11.9 Å². The van der Waals surface area contributed by atoms with Crippen LogP contribution in [0.4, 0.5) is 0 Å². The Morgan fingerprint density at radius 1 is 1.10 bits per heavy atom. The lowest BCUT2D eigenvalue weighted by Gasteiger charge is -2.21. The van der Waals surface area contributed by atoms with E-state index in [9.17, 15) is 8.42 Å². The van der Waals surface area contributed by atoms with Gasteiger partial charge in [0.2, 0.25) is 10.0 Å². The molecule has 6 nitrogen and oxygen atoms in total.